The molecular formula is C15H19NO3. The van der Waals surface area contributed by atoms with Crippen LogP contribution in [0.3, 0.4) is 0 Å². The number of rotatable bonds is 5. The van der Waals surface area contributed by atoms with Gasteiger partial charge in [0.25, 0.3) is 0 Å². The SMILES string of the molecule is CCOC(=O)CN(C=O)C1CCCc2ccccc21. The number of hydrogen-bond acceptors (Lipinski definition) is 3. The van der Waals surface area contributed by atoms with Crippen LogP contribution in [0.1, 0.15) is 36.9 Å². The van der Waals surface area contributed by atoms with Gasteiger partial charge < -0.3 is 9.64 Å². The Kier molecular flexibility index (Phi) is 4.55. The molecule has 2 rings (SSSR count). The molecule has 1 aliphatic rings. The first-order valence-electron chi connectivity index (χ1n) is 6.70. The zero-order valence-electron chi connectivity index (χ0n) is 11.2. The summed E-state index contributed by atoms with van der Waals surface area (Å²) in [5.41, 5.74) is 2.43. The van der Waals surface area contributed by atoms with Crippen molar-refractivity contribution in [3.8, 4) is 0 Å². The fourth-order valence-electron chi connectivity index (χ4n) is 2.65. The molecule has 1 unspecified atom stereocenters. The van der Waals surface area contributed by atoms with E-state index < -0.39 is 0 Å². The van der Waals surface area contributed by atoms with Gasteiger partial charge in [0.15, 0.2) is 0 Å². The molecule has 102 valence electrons. The molecule has 0 radical (unpaired) electrons. The highest BCUT2D eigenvalue weighted by molar-refractivity contribution is 5.74. The van der Waals surface area contributed by atoms with Gasteiger partial charge in [0.05, 0.1) is 12.6 Å². The highest BCUT2D eigenvalue weighted by Crippen LogP contribution is 2.33. The third-order valence-electron chi connectivity index (χ3n) is 3.49. The molecule has 0 fully saturated rings. The molecule has 1 aromatic carbocycles. The van der Waals surface area contributed by atoms with Crippen molar-refractivity contribution < 1.29 is 14.3 Å². The highest BCUT2D eigenvalue weighted by Gasteiger charge is 2.26. The fraction of sp³-hybridized carbons (Fsp3) is 0.467. The molecule has 1 amide bonds. The van der Waals surface area contributed by atoms with Crippen molar-refractivity contribution >= 4 is 12.4 Å². The first-order chi connectivity index (χ1) is 9.26. The van der Waals surface area contributed by atoms with Gasteiger partial charge in [-0.1, -0.05) is 24.3 Å². The highest BCUT2D eigenvalue weighted by atomic mass is 16.5. The minimum atomic E-state index is -0.349. The van der Waals surface area contributed by atoms with Gasteiger partial charge >= 0.3 is 5.97 Å². The molecule has 0 saturated heterocycles. The van der Waals surface area contributed by atoms with Gasteiger partial charge in [-0.2, -0.15) is 0 Å². The van der Waals surface area contributed by atoms with Crippen LogP contribution in [0, 0.1) is 0 Å². The third kappa shape index (κ3) is 3.13. The van der Waals surface area contributed by atoms with Gasteiger partial charge in [-0.25, -0.2) is 0 Å². The number of nitrogens with zero attached hydrogens (tertiary/aromatic N) is 1. The van der Waals surface area contributed by atoms with E-state index in [4.69, 9.17) is 4.74 Å². The topological polar surface area (TPSA) is 46.6 Å². The van der Waals surface area contributed by atoms with Crippen LogP contribution < -0.4 is 0 Å². The Hall–Kier alpha value is -1.84. The maximum Gasteiger partial charge on any atom is 0.325 e. The minimum Gasteiger partial charge on any atom is -0.465 e. The summed E-state index contributed by atoms with van der Waals surface area (Å²) >= 11 is 0. The predicted molar refractivity (Wildman–Crippen MR) is 71.5 cm³/mol. The molecule has 0 saturated carbocycles. The standard InChI is InChI=1S/C15H19NO3/c1-2-19-15(18)10-16(11-17)14-9-5-7-12-6-3-4-8-13(12)14/h3-4,6,8,11,14H,2,5,7,9-10H2,1H3. The van der Waals surface area contributed by atoms with Gasteiger partial charge in [0.2, 0.25) is 6.41 Å². The fourth-order valence-corrected chi connectivity index (χ4v) is 2.65. The smallest absolute Gasteiger partial charge is 0.325 e. The lowest BCUT2D eigenvalue weighted by molar-refractivity contribution is -0.147. The second-order valence-corrected chi connectivity index (χ2v) is 4.69. The van der Waals surface area contributed by atoms with E-state index in [1.165, 1.54) is 5.56 Å². The molecule has 0 spiro atoms. The number of carbonyl (C=O) groups excluding carboxylic acids is 2. The van der Waals surface area contributed by atoms with Crippen LogP contribution in [0.15, 0.2) is 24.3 Å². The number of esters is 1. The van der Waals surface area contributed by atoms with Crippen LogP contribution in [0.25, 0.3) is 0 Å². The summed E-state index contributed by atoms with van der Waals surface area (Å²) in [7, 11) is 0. The van der Waals surface area contributed by atoms with Crippen LogP contribution in [0.4, 0.5) is 0 Å². The number of carbonyl (C=O) groups is 2. The molecule has 0 N–H and O–H groups in total. The Morgan fingerprint density at radius 3 is 3.00 bits per heavy atom. The summed E-state index contributed by atoms with van der Waals surface area (Å²) in [6, 6.07) is 8.12. The maximum atomic E-state index is 11.5. The van der Waals surface area contributed by atoms with Crippen molar-refractivity contribution in [2.45, 2.75) is 32.2 Å². The largest absolute Gasteiger partial charge is 0.465 e. The lowest BCUT2D eigenvalue weighted by Gasteiger charge is -2.32. The molecule has 19 heavy (non-hydrogen) atoms. The molecule has 1 aliphatic carbocycles. The van der Waals surface area contributed by atoms with E-state index in [2.05, 4.69) is 6.07 Å². The summed E-state index contributed by atoms with van der Waals surface area (Å²) in [4.78, 5) is 24.4. The van der Waals surface area contributed by atoms with Crippen LogP contribution in [-0.2, 0) is 20.7 Å². The van der Waals surface area contributed by atoms with Crippen LogP contribution in [0.2, 0.25) is 0 Å². The van der Waals surface area contributed by atoms with E-state index in [1.54, 1.807) is 11.8 Å². The Balaban J connectivity index is 2.16. The number of amides is 1. The van der Waals surface area contributed by atoms with Crippen LogP contribution in [0.5, 0.6) is 0 Å². The zero-order chi connectivity index (χ0) is 13.7. The third-order valence-corrected chi connectivity index (χ3v) is 3.49. The van der Waals surface area contributed by atoms with Crippen molar-refractivity contribution in [1.82, 2.24) is 4.90 Å². The lowest BCUT2D eigenvalue weighted by atomic mass is 9.87. The molecule has 0 heterocycles. The summed E-state index contributed by atoms with van der Waals surface area (Å²) in [6.45, 7) is 2.13. The van der Waals surface area contributed by atoms with Gasteiger partial charge in [-0.3, -0.25) is 9.59 Å². The monoisotopic (exact) mass is 261 g/mol. The molecule has 4 heteroatoms. The Bertz CT molecular complexity index is 458. The summed E-state index contributed by atoms with van der Waals surface area (Å²) < 4.78 is 4.91. The number of fused-ring (bicyclic) bond motifs is 1. The summed E-state index contributed by atoms with van der Waals surface area (Å²) in [5, 5.41) is 0. The summed E-state index contributed by atoms with van der Waals surface area (Å²) in [5.74, 6) is -0.349. The van der Waals surface area contributed by atoms with E-state index in [1.807, 2.05) is 18.2 Å². The molecule has 1 atom stereocenters. The van der Waals surface area contributed by atoms with Gasteiger partial charge in [-0.15, -0.1) is 0 Å². The molecule has 0 aliphatic heterocycles. The quantitative estimate of drug-likeness (QED) is 0.602. The van der Waals surface area contributed by atoms with Crippen molar-refractivity contribution in [2.24, 2.45) is 0 Å². The lowest BCUT2D eigenvalue weighted by Crippen LogP contribution is -2.35. The number of aryl methyl sites for hydroxylation is 1. The number of hydrogen-bond donors (Lipinski definition) is 0. The molecular weight excluding hydrogens is 242 g/mol. The van der Waals surface area contributed by atoms with E-state index in [9.17, 15) is 9.59 Å². The molecule has 0 bridgehead atoms. The number of ether oxygens (including phenoxy) is 1. The van der Waals surface area contributed by atoms with E-state index >= 15 is 0 Å². The Morgan fingerprint density at radius 1 is 1.47 bits per heavy atom. The van der Waals surface area contributed by atoms with Gasteiger partial charge in [0.1, 0.15) is 6.54 Å². The molecule has 0 aromatic heterocycles. The summed E-state index contributed by atoms with van der Waals surface area (Å²) in [6.07, 6.45) is 3.73. The van der Waals surface area contributed by atoms with Crippen molar-refractivity contribution in [2.75, 3.05) is 13.2 Å². The van der Waals surface area contributed by atoms with Crippen molar-refractivity contribution in [1.29, 1.82) is 0 Å². The minimum absolute atomic E-state index is 0.00754. The normalized spacial score (nSPS) is 17.4. The second-order valence-electron chi connectivity index (χ2n) is 4.69. The van der Waals surface area contributed by atoms with Crippen molar-refractivity contribution in [3.05, 3.63) is 35.4 Å². The first-order valence-corrected chi connectivity index (χ1v) is 6.70. The van der Waals surface area contributed by atoms with Crippen LogP contribution >= 0.6 is 0 Å². The molecule has 1 aromatic rings. The second kappa shape index (κ2) is 6.36. The zero-order valence-corrected chi connectivity index (χ0v) is 11.2. The van der Waals surface area contributed by atoms with Gasteiger partial charge in [-0.05, 0) is 37.3 Å². The Morgan fingerprint density at radius 2 is 2.26 bits per heavy atom. The van der Waals surface area contributed by atoms with E-state index in [0.717, 1.165) is 31.2 Å². The van der Waals surface area contributed by atoms with Crippen LogP contribution in [-0.4, -0.2) is 30.4 Å². The first kappa shape index (κ1) is 13.6. The van der Waals surface area contributed by atoms with Gasteiger partial charge in [0, 0.05) is 0 Å². The maximum absolute atomic E-state index is 11.5. The average molecular weight is 261 g/mol. The number of benzene rings is 1. The van der Waals surface area contributed by atoms with E-state index in [-0.39, 0.29) is 18.6 Å². The Labute approximate surface area is 113 Å². The average Bonchev–Trinajstić information content (AvgIpc) is 2.44. The predicted octanol–water partition coefficient (Wildman–Crippen LogP) is 2.09. The van der Waals surface area contributed by atoms with Crippen molar-refractivity contribution in [3.63, 3.8) is 0 Å². The molecule has 4 nitrogen and oxygen atoms in total. The van der Waals surface area contributed by atoms with E-state index in [0.29, 0.717) is 6.61 Å².